The molecule has 0 bridgehead atoms. The molecule has 2 rings (SSSR count). The molecule has 0 N–H and O–H groups in total. The molecule has 15 heavy (non-hydrogen) atoms. The van der Waals surface area contributed by atoms with E-state index in [4.69, 9.17) is 16.0 Å². The molecule has 0 spiro atoms. The van der Waals surface area contributed by atoms with Crippen LogP contribution in [0.15, 0.2) is 41.0 Å². The van der Waals surface area contributed by atoms with E-state index in [0.29, 0.717) is 0 Å². The maximum absolute atomic E-state index is 6.34. The highest BCUT2D eigenvalue weighted by molar-refractivity contribution is 6.22. The van der Waals surface area contributed by atoms with Gasteiger partial charge in [-0.3, -0.25) is 0 Å². The van der Waals surface area contributed by atoms with Crippen LogP contribution in [0.3, 0.4) is 0 Å². The summed E-state index contributed by atoms with van der Waals surface area (Å²) < 4.78 is 5.38. The van der Waals surface area contributed by atoms with Crippen molar-refractivity contribution in [1.82, 2.24) is 0 Å². The van der Waals surface area contributed by atoms with E-state index in [2.05, 4.69) is 19.1 Å². The van der Waals surface area contributed by atoms with Crippen molar-refractivity contribution in [2.75, 3.05) is 0 Å². The summed E-state index contributed by atoms with van der Waals surface area (Å²) in [7, 11) is 0. The van der Waals surface area contributed by atoms with Crippen LogP contribution < -0.4 is 0 Å². The molecule has 1 aromatic carbocycles. The fourth-order valence-electron chi connectivity index (χ4n) is 1.53. The van der Waals surface area contributed by atoms with Crippen molar-refractivity contribution in [2.45, 2.75) is 19.2 Å². The van der Waals surface area contributed by atoms with E-state index in [1.807, 2.05) is 25.1 Å². The molecule has 1 aromatic heterocycles. The highest BCUT2D eigenvalue weighted by Crippen LogP contribution is 2.31. The van der Waals surface area contributed by atoms with Crippen LogP contribution in [0.4, 0.5) is 0 Å². The third-order valence-corrected chi connectivity index (χ3v) is 2.95. The molecule has 0 aliphatic heterocycles. The van der Waals surface area contributed by atoms with Crippen LogP contribution in [0.5, 0.6) is 0 Å². The van der Waals surface area contributed by atoms with E-state index >= 15 is 0 Å². The number of rotatable bonds is 2. The molecule has 0 amide bonds. The number of aryl methyl sites for hydroxylation is 2. The quantitative estimate of drug-likeness (QED) is 0.691. The van der Waals surface area contributed by atoms with Gasteiger partial charge in [-0.25, -0.2) is 0 Å². The van der Waals surface area contributed by atoms with Crippen molar-refractivity contribution in [3.05, 3.63) is 59.0 Å². The van der Waals surface area contributed by atoms with E-state index < -0.39 is 0 Å². The summed E-state index contributed by atoms with van der Waals surface area (Å²) in [6.45, 7) is 4.06. The van der Waals surface area contributed by atoms with Crippen LogP contribution >= 0.6 is 11.6 Å². The molecule has 78 valence electrons. The molecular weight excluding hydrogens is 208 g/mol. The third-order valence-electron chi connectivity index (χ3n) is 2.50. The Kier molecular flexibility index (Phi) is 2.83. The molecular formula is C13H13ClO. The van der Waals surface area contributed by atoms with Gasteiger partial charge in [0, 0.05) is 0 Å². The SMILES string of the molecule is Cc1ccc(C(Cl)c2occc2C)cc1. The molecule has 1 heterocycles. The van der Waals surface area contributed by atoms with E-state index in [0.717, 1.165) is 16.9 Å². The third kappa shape index (κ3) is 2.07. The maximum atomic E-state index is 6.34. The van der Waals surface area contributed by atoms with Crippen molar-refractivity contribution < 1.29 is 4.42 Å². The van der Waals surface area contributed by atoms with Gasteiger partial charge in [0.05, 0.1) is 6.26 Å². The Morgan fingerprint density at radius 3 is 2.27 bits per heavy atom. The average molecular weight is 221 g/mol. The van der Waals surface area contributed by atoms with Crippen molar-refractivity contribution in [3.63, 3.8) is 0 Å². The molecule has 0 saturated carbocycles. The van der Waals surface area contributed by atoms with Gasteiger partial charge in [-0.1, -0.05) is 29.8 Å². The topological polar surface area (TPSA) is 13.1 Å². The Morgan fingerprint density at radius 1 is 1.07 bits per heavy atom. The van der Waals surface area contributed by atoms with Crippen molar-refractivity contribution in [2.24, 2.45) is 0 Å². The van der Waals surface area contributed by atoms with Crippen LogP contribution in [0, 0.1) is 13.8 Å². The first-order chi connectivity index (χ1) is 7.18. The molecule has 1 atom stereocenters. The molecule has 1 unspecified atom stereocenters. The van der Waals surface area contributed by atoms with Gasteiger partial charge in [0.15, 0.2) is 0 Å². The molecule has 1 nitrogen and oxygen atoms in total. The van der Waals surface area contributed by atoms with Crippen LogP contribution in [-0.4, -0.2) is 0 Å². The average Bonchev–Trinajstić information content (AvgIpc) is 2.65. The van der Waals surface area contributed by atoms with E-state index in [-0.39, 0.29) is 5.38 Å². The summed E-state index contributed by atoms with van der Waals surface area (Å²) in [5.41, 5.74) is 3.40. The van der Waals surface area contributed by atoms with Crippen LogP contribution in [-0.2, 0) is 0 Å². The number of furan rings is 1. The lowest BCUT2D eigenvalue weighted by atomic mass is 10.1. The summed E-state index contributed by atoms with van der Waals surface area (Å²) in [5.74, 6) is 0.834. The van der Waals surface area contributed by atoms with Crippen LogP contribution in [0.2, 0.25) is 0 Å². The van der Waals surface area contributed by atoms with Crippen molar-refractivity contribution in [1.29, 1.82) is 0 Å². The van der Waals surface area contributed by atoms with Gasteiger partial charge >= 0.3 is 0 Å². The summed E-state index contributed by atoms with van der Waals surface area (Å²) >= 11 is 6.34. The van der Waals surface area contributed by atoms with Gasteiger partial charge in [0.1, 0.15) is 11.1 Å². The van der Waals surface area contributed by atoms with Gasteiger partial charge in [-0.2, -0.15) is 0 Å². The zero-order valence-corrected chi connectivity index (χ0v) is 9.58. The molecule has 0 saturated heterocycles. The number of halogens is 1. The monoisotopic (exact) mass is 220 g/mol. The molecule has 0 radical (unpaired) electrons. The Balaban J connectivity index is 2.32. The van der Waals surface area contributed by atoms with Crippen LogP contribution in [0.25, 0.3) is 0 Å². The maximum Gasteiger partial charge on any atom is 0.128 e. The normalized spacial score (nSPS) is 12.7. The predicted octanol–water partition coefficient (Wildman–Crippen LogP) is 4.22. The predicted molar refractivity (Wildman–Crippen MR) is 62.3 cm³/mol. The number of alkyl halides is 1. The Bertz CT molecular complexity index is 442. The first-order valence-electron chi connectivity index (χ1n) is 4.93. The van der Waals surface area contributed by atoms with Crippen LogP contribution in [0.1, 0.15) is 27.8 Å². The Hall–Kier alpha value is -1.21. The van der Waals surface area contributed by atoms with Gasteiger partial charge in [-0.05, 0) is 31.0 Å². The van der Waals surface area contributed by atoms with Gasteiger partial charge in [0.25, 0.3) is 0 Å². The molecule has 0 aliphatic rings. The smallest absolute Gasteiger partial charge is 0.128 e. The second-order valence-corrected chi connectivity index (χ2v) is 4.18. The lowest BCUT2D eigenvalue weighted by Gasteiger charge is -2.08. The number of benzene rings is 1. The minimum absolute atomic E-state index is 0.194. The lowest BCUT2D eigenvalue weighted by Crippen LogP contribution is -1.93. The highest BCUT2D eigenvalue weighted by Gasteiger charge is 2.15. The second-order valence-electron chi connectivity index (χ2n) is 3.74. The zero-order chi connectivity index (χ0) is 10.8. The summed E-state index contributed by atoms with van der Waals surface area (Å²) in [5, 5.41) is -0.194. The van der Waals surface area contributed by atoms with E-state index in [9.17, 15) is 0 Å². The Labute approximate surface area is 94.7 Å². The summed E-state index contributed by atoms with van der Waals surface area (Å²) in [4.78, 5) is 0. The molecule has 2 heteroatoms. The largest absolute Gasteiger partial charge is 0.467 e. The van der Waals surface area contributed by atoms with Gasteiger partial charge in [-0.15, -0.1) is 11.6 Å². The summed E-state index contributed by atoms with van der Waals surface area (Å²) in [6.07, 6.45) is 1.67. The zero-order valence-electron chi connectivity index (χ0n) is 8.83. The summed E-state index contributed by atoms with van der Waals surface area (Å²) in [6, 6.07) is 10.1. The van der Waals surface area contributed by atoms with Gasteiger partial charge in [0.2, 0.25) is 0 Å². The molecule has 2 aromatic rings. The first-order valence-corrected chi connectivity index (χ1v) is 5.37. The van der Waals surface area contributed by atoms with Crippen molar-refractivity contribution >= 4 is 11.6 Å². The van der Waals surface area contributed by atoms with Gasteiger partial charge < -0.3 is 4.42 Å². The lowest BCUT2D eigenvalue weighted by molar-refractivity contribution is 0.513. The second kappa shape index (κ2) is 4.11. The molecule has 0 fully saturated rings. The van der Waals surface area contributed by atoms with E-state index in [1.54, 1.807) is 6.26 Å². The molecule has 0 aliphatic carbocycles. The fraction of sp³-hybridized carbons (Fsp3) is 0.231. The minimum Gasteiger partial charge on any atom is -0.467 e. The highest BCUT2D eigenvalue weighted by atomic mass is 35.5. The Morgan fingerprint density at radius 2 is 1.73 bits per heavy atom. The standard InChI is InChI=1S/C13H13ClO/c1-9-3-5-11(6-4-9)12(14)13-10(2)7-8-15-13/h3-8,12H,1-2H3. The minimum atomic E-state index is -0.194. The van der Waals surface area contributed by atoms with E-state index in [1.165, 1.54) is 5.56 Å². The number of hydrogen-bond donors (Lipinski definition) is 0. The first kappa shape index (κ1) is 10.3. The van der Waals surface area contributed by atoms with Crippen molar-refractivity contribution in [3.8, 4) is 0 Å². The fourth-order valence-corrected chi connectivity index (χ4v) is 1.90. The number of hydrogen-bond acceptors (Lipinski definition) is 1.